The fourth-order valence-electron chi connectivity index (χ4n) is 2.74. The average molecular weight is 306 g/mol. The van der Waals surface area contributed by atoms with Crippen LogP contribution in [0, 0.1) is 0 Å². The number of benzene rings is 1. The van der Waals surface area contributed by atoms with Crippen molar-refractivity contribution >= 4 is 5.91 Å². The molecule has 0 aromatic heterocycles. The van der Waals surface area contributed by atoms with E-state index in [1.165, 1.54) is 5.56 Å². The van der Waals surface area contributed by atoms with Gasteiger partial charge in [-0.25, -0.2) is 0 Å². The molecule has 1 aliphatic heterocycles. The number of hydrogen-bond donors (Lipinski definition) is 1. The summed E-state index contributed by atoms with van der Waals surface area (Å²) in [6, 6.07) is 5.96. The van der Waals surface area contributed by atoms with E-state index in [2.05, 4.69) is 12.2 Å². The maximum Gasteiger partial charge on any atom is 0.222 e. The van der Waals surface area contributed by atoms with Gasteiger partial charge < -0.3 is 19.7 Å². The monoisotopic (exact) mass is 306 g/mol. The van der Waals surface area contributed by atoms with Crippen LogP contribution in [0.3, 0.4) is 0 Å². The predicted molar refractivity (Wildman–Crippen MR) is 86.6 cm³/mol. The van der Waals surface area contributed by atoms with E-state index in [0.717, 1.165) is 44.1 Å². The number of methoxy groups -OCH3 is 2. The van der Waals surface area contributed by atoms with Gasteiger partial charge in [0.1, 0.15) is 0 Å². The molecule has 1 aliphatic rings. The van der Waals surface area contributed by atoms with Gasteiger partial charge in [0.25, 0.3) is 0 Å². The Labute approximate surface area is 132 Å². The molecule has 1 unspecified atom stereocenters. The second-order valence-corrected chi connectivity index (χ2v) is 5.68. The number of carbonyl (C=O) groups is 1. The summed E-state index contributed by atoms with van der Waals surface area (Å²) >= 11 is 0. The first-order chi connectivity index (χ1) is 10.7. The van der Waals surface area contributed by atoms with Crippen LogP contribution in [-0.2, 0) is 4.79 Å². The van der Waals surface area contributed by atoms with E-state index in [4.69, 9.17) is 9.47 Å². The maximum absolute atomic E-state index is 12.2. The van der Waals surface area contributed by atoms with Gasteiger partial charge in [0.05, 0.1) is 14.2 Å². The first-order valence-electron chi connectivity index (χ1n) is 7.86. The molecule has 5 nitrogen and oxygen atoms in total. The first-order valence-corrected chi connectivity index (χ1v) is 7.86. The Hall–Kier alpha value is -1.75. The van der Waals surface area contributed by atoms with Gasteiger partial charge >= 0.3 is 0 Å². The number of nitrogens with one attached hydrogen (secondary N) is 1. The van der Waals surface area contributed by atoms with Gasteiger partial charge in [0.15, 0.2) is 11.5 Å². The lowest BCUT2D eigenvalue weighted by atomic mass is 9.95. The molecule has 0 bridgehead atoms. The highest BCUT2D eigenvalue weighted by Crippen LogP contribution is 2.32. The highest BCUT2D eigenvalue weighted by molar-refractivity contribution is 5.76. The van der Waals surface area contributed by atoms with Crippen molar-refractivity contribution in [3.05, 3.63) is 23.8 Å². The lowest BCUT2D eigenvalue weighted by Gasteiger charge is -2.28. The van der Waals surface area contributed by atoms with Crippen molar-refractivity contribution in [3.8, 4) is 11.5 Å². The minimum atomic E-state index is 0.258. The van der Waals surface area contributed by atoms with Gasteiger partial charge in [-0.3, -0.25) is 4.79 Å². The fourth-order valence-corrected chi connectivity index (χ4v) is 2.74. The molecule has 1 amide bonds. The van der Waals surface area contributed by atoms with Crippen molar-refractivity contribution in [1.82, 2.24) is 10.2 Å². The summed E-state index contributed by atoms with van der Waals surface area (Å²) in [6.45, 7) is 5.59. The van der Waals surface area contributed by atoms with Crippen LogP contribution in [0.25, 0.3) is 0 Å². The Morgan fingerprint density at radius 3 is 2.55 bits per heavy atom. The zero-order valence-electron chi connectivity index (χ0n) is 13.7. The molecule has 1 atom stereocenters. The number of piperazine rings is 1. The van der Waals surface area contributed by atoms with Crippen LogP contribution in [0.4, 0.5) is 0 Å². The van der Waals surface area contributed by atoms with Crippen LogP contribution < -0.4 is 14.8 Å². The van der Waals surface area contributed by atoms with E-state index in [1.807, 2.05) is 23.1 Å². The summed E-state index contributed by atoms with van der Waals surface area (Å²) in [6.07, 6.45) is 1.44. The third-order valence-corrected chi connectivity index (χ3v) is 4.24. The van der Waals surface area contributed by atoms with Crippen molar-refractivity contribution in [3.63, 3.8) is 0 Å². The SMILES string of the molecule is COc1ccc(C(C)CCC(=O)N2CCNCC2)cc1OC. The Morgan fingerprint density at radius 1 is 1.23 bits per heavy atom. The van der Waals surface area contributed by atoms with Gasteiger partial charge in [-0.2, -0.15) is 0 Å². The second kappa shape index (κ2) is 8.03. The lowest BCUT2D eigenvalue weighted by Crippen LogP contribution is -2.46. The summed E-state index contributed by atoms with van der Waals surface area (Å²) < 4.78 is 10.6. The molecule has 0 saturated carbocycles. The number of rotatable bonds is 6. The summed E-state index contributed by atoms with van der Waals surface area (Å²) in [4.78, 5) is 14.2. The molecule has 0 aliphatic carbocycles. The summed E-state index contributed by atoms with van der Waals surface area (Å²) in [5.41, 5.74) is 1.17. The van der Waals surface area contributed by atoms with E-state index < -0.39 is 0 Å². The van der Waals surface area contributed by atoms with Crippen LogP contribution in [0.2, 0.25) is 0 Å². The number of ether oxygens (including phenoxy) is 2. The van der Waals surface area contributed by atoms with Crippen molar-refractivity contribution in [1.29, 1.82) is 0 Å². The van der Waals surface area contributed by atoms with Crippen molar-refractivity contribution < 1.29 is 14.3 Å². The molecule has 5 heteroatoms. The van der Waals surface area contributed by atoms with Crippen LogP contribution in [-0.4, -0.2) is 51.2 Å². The molecule has 1 heterocycles. The minimum Gasteiger partial charge on any atom is -0.493 e. The van der Waals surface area contributed by atoms with Gasteiger partial charge in [0.2, 0.25) is 5.91 Å². The molecule has 1 aromatic rings. The minimum absolute atomic E-state index is 0.258. The van der Waals surface area contributed by atoms with Crippen LogP contribution in [0.15, 0.2) is 18.2 Å². The van der Waals surface area contributed by atoms with E-state index >= 15 is 0 Å². The molecule has 1 saturated heterocycles. The summed E-state index contributed by atoms with van der Waals surface area (Å²) in [5.74, 6) is 2.04. The molecule has 0 spiro atoms. The number of hydrogen-bond acceptors (Lipinski definition) is 4. The zero-order valence-corrected chi connectivity index (χ0v) is 13.7. The van der Waals surface area contributed by atoms with Crippen molar-refractivity contribution in [2.45, 2.75) is 25.7 Å². The smallest absolute Gasteiger partial charge is 0.222 e. The van der Waals surface area contributed by atoms with Gasteiger partial charge in [0, 0.05) is 32.6 Å². The van der Waals surface area contributed by atoms with E-state index in [-0.39, 0.29) is 5.91 Å². The molecule has 122 valence electrons. The predicted octanol–water partition coefficient (Wildman–Crippen LogP) is 2.02. The quantitative estimate of drug-likeness (QED) is 0.873. The largest absolute Gasteiger partial charge is 0.493 e. The van der Waals surface area contributed by atoms with Gasteiger partial charge in [-0.1, -0.05) is 13.0 Å². The summed E-state index contributed by atoms with van der Waals surface area (Å²) in [5, 5.41) is 3.26. The molecule has 1 N–H and O–H groups in total. The molecule has 1 fully saturated rings. The molecule has 22 heavy (non-hydrogen) atoms. The molecular formula is C17H26N2O3. The topological polar surface area (TPSA) is 50.8 Å². The molecular weight excluding hydrogens is 280 g/mol. The van der Waals surface area contributed by atoms with E-state index in [1.54, 1.807) is 14.2 Å². The van der Waals surface area contributed by atoms with Gasteiger partial charge in [-0.15, -0.1) is 0 Å². The number of carbonyl (C=O) groups excluding carboxylic acids is 1. The van der Waals surface area contributed by atoms with Crippen LogP contribution in [0.1, 0.15) is 31.2 Å². The Bertz CT molecular complexity index is 499. The summed E-state index contributed by atoms with van der Waals surface area (Å²) in [7, 11) is 3.27. The number of amides is 1. The molecule has 1 aromatic carbocycles. The Kier molecular flexibility index (Phi) is 6.07. The highest BCUT2D eigenvalue weighted by Gasteiger charge is 2.18. The normalized spacial score (nSPS) is 16.2. The maximum atomic E-state index is 12.2. The Morgan fingerprint density at radius 2 is 1.91 bits per heavy atom. The number of nitrogens with zero attached hydrogens (tertiary/aromatic N) is 1. The van der Waals surface area contributed by atoms with E-state index in [0.29, 0.717) is 12.3 Å². The van der Waals surface area contributed by atoms with Gasteiger partial charge in [-0.05, 0) is 30.0 Å². The Balaban J connectivity index is 1.91. The molecule has 2 rings (SSSR count). The van der Waals surface area contributed by atoms with Crippen molar-refractivity contribution in [2.75, 3.05) is 40.4 Å². The average Bonchev–Trinajstić information content (AvgIpc) is 2.59. The third-order valence-electron chi connectivity index (χ3n) is 4.24. The van der Waals surface area contributed by atoms with Crippen molar-refractivity contribution in [2.24, 2.45) is 0 Å². The zero-order chi connectivity index (χ0) is 15.9. The lowest BCUT2D eigenvalue weighted by molar-refractivity contribution is -0.131. The molecule has 0 radical (unpaired) electrons. The third kappa shape index (κ3) is 4.13. The standard InChI is InChI=1S/C17H26N2O3/c1-13(4-7-17(20)19-10-8-18-9-11-19)14-5-6-15(21-2)16(12-14)22-3/h5-6,12-13,18H,4,7-11H2,1-3H3. The highest BCUT2D eigenvalue weighted by atomic mass is 16.5. The van der Waals surface area contributed by atoms with Crippen LogP contribution >= 0.6 is 0 Å². The first kappa shape index (κ1) is 16.6. The van der Waals surface area contributed by atoms with E-state index in [9.17, 15) is 4.79 Å². The van der Waals surface area contributed by atoms with Crippen LogP contribution in [0.5, 0.6) is 11.5 Å². The fraction of sp³-hybridized carbons (Fsp3) is 0.588. The second-order valence-electron chi connectivity index (χ2n) is 5.68.